The molecule has 0 amide bonds. The lowest BCUT2D eigenvalue weighted by molar-refractivity contribution is 0.422. The van der Waals surface area contributed by atoms with Gasteiger partial charge in [0.1, 0.15) is 5.82 Å². The molecule has 0 bridgehead atoms. The number of fused-ring (bicyclic) bond motifs is 1. The number of nitrogens with one attached hydrogen (secondary N) is 2. The van der Waals surface area contributed by atoms with Crippen LogP contribution in [0.25, 0.3) is 0 Å². The number of hydrogen-bond donors (Lipinski definition) is 2. The Kier molecular flexibility index (Phi) is 5.74. The van der Waals surface area contributed by atoms with Gasteiger partial charge in [-0.3, -0.25) is 4.98 Å². The van der Waals surface area contributed by atoms with Crippen molar-refractivity contribution in [2.75, 3.05) is 18.4 Å². The van der Waals surface area contributed by atoms with Gasteiger partial charge in [0.25, 0.3) is 10.0 Å². The van der Waals surface area contributed by atoms with Gasteiger partial charge in [-0.2, -0.15) is 4.31 Å². The van der Waals surface area contributed by atoms with Crippen molar-refractivity contribution in [3.63, 3.8) is 0 Å². The lowest BCUT2D eigenvalue weighted by atomic mass is 9.86. The molecule has 1 saturated heterocycles. The summed E-state index contributed by atoms with van der Waals surface area (Å²) in [4.78, 5) is 3.97. The number of benzene rings is 3. The van der Waals surface area contributed by atoms with Gasteiger partial charge >= 0.3 is 0 Å². The van der Waals surface area contributed by atoms with Crippen LogP contribution in [0.1, 0.15) is 28.2 Å². The van der Waals surface area contributed by atoms with Crippen molar-refractivity contribution in [2.45, 2.75) is 22.5 Å². The number of rotatable bonds is 7. The van der Waals surface area contributed by atoms with Crippen LogP contribution in [0.5, 0.6) is 0 Å². The van der Waals surface area contributed by atoms with Crippen molar-refractivity contribution in [3.05, 3.63) is 107 Å². The molecule has 2 heterocycles. The van der Waals surface area contributed by atoms with Gasteiger partial charge in [0.05, 0.1) is 11.7 Å². The molecule has 1 aliphatic heterocycles. The maximum absolute atomic E-state index is 13.4. The molecule has 3 atom stereocenters. The van der Waals surface area contributed by atoms with E-state index in [2.05, 4.69) is 22.4 Å². The van der Waals surface area contributed by atoms with Crippen LogP contribution in [0.15, 0.2) is 82.6 Å². The van der Waals surface area contributed by atoms with Crippen molar-refractivity contribution >= 4 is 38.9 Å². The van der Waals surface area contributed by atoms with Gasteiger partial charge in [-0.05, 0) is 65.9 Å². The van der Waals surface area contributed by atoms with Crippen molar-refractivity contribution in [2.24, 2.45) is 5.92 Å². The number of piperidine rings is 1. The van der Waals surface area contributed by atoms with E-state index in [9.17, 15) is 12.8 Å². The van der Waals surface area contributed by atoms with E-state index in [0.717, 1.165) is 33.8 Å². The van der Waals surface area contributed by atoms with Crippen LogP contribution in [0, 0.1) is 24.1 Å². The SMILES string of the molecule is Cc1cc(Nc2ccc(F)cc2)c(C=N)cc1[C@]12CN(S(=O)(=O)c3cncs3)C[C@H]1[C@@H]2c1ccccc1. The van der Waals surface area contributed by atoms with Crippen LogP contribution < -0.4 is 5.32 Å². The zero-order valence-corrected chi connectivity index (χ0v) is 21.7. The zero-order chi connectivity index (χ0) is 25.8. The summed E-state index contributed by atoms with van der Waals surface area (Å²) in [5.74, 6) is 0.00912. The molecule has 1 saturated carbocycles. The highest BCUT2D eigenvalue weighted by molar-refractivity contribution is 7.91. The fourth-order valence-electron chi connectivity index (χ4n) is 6.01. The van der Waals surface area contributed by atoms with E-state index in [0.29, 0.717) is 18.7 Å². The molecule has 6 rings (SSSR count). The Hall–Kier alpha value is -3.40. The summed E-state index contributed by atoms with van der Waals surface area (Å²) >= 11 is 1.14. The molecule has 9 heteroatoms. The highest BCUT2D eigenvalue weighted by Crippen LogP contribution is 2.70. The highest BCUT2D eigenvalue weighted by atomic mass is 32.2. The third-order valence-electron chi connectivity index (χ3n) is 7.69. The first-order valence-electron chi connectivity index (χ1n) is 12.0. The fraction of sp³-hybridized carbons (Fsp3) is 0.214. The van der Waals surface area contributed by atoms with E-state index in [4.69, 9.17) is 5.41 Å². The topological polar surface area (TPSA) is 86.2 Å². The van der Waals surface area contributed by atoms with Crippen molar-refractivity contribution in [3.8, 4) is 0 Å². The standard InChI is InChI=1S/C28H25FN4O2S2/c1-18-11-25(32-22-9-7-21(29)8-10-22)20(13-30)12-23(18)28-16-33(37(34,35)26-14-31-17-36-26)15-24(28)27(28)19-5-3-2-4-6-19/h2-14,17,24,27,30,32H,15-16H2,1H3/t24-,27-,28+/m0/s1. The minimum absolute atomic E-state index is 0.130. The van der Waals surface area contributed by atoms with Crippen LogP contribution in [0.4, 0.5) is 15.8 Å². The van der Waals surface area contributed by atoms with Gasteiger partial charge in [0.2, 0.25) is 0 Å². The number of sulfonamides is 1. The third-order valence-corrected chi connectivity index (χ3v) is 10.7. The maximum atomic E-state index is 13.4. The molecule has 6 nitrogen and oxygen atoms in total. The van der Waals surface area contributed by atoms with Gasteiger partial charge in [-0.1, -0.05) is 30.3 Å². The molecule has 0 spiro atoms. The van der Waals surface area contributed by atoms with Crippen LogP contribution in [0.3, 0.4) is 0 Å². The van der Waals surface area contributed by atoms with Gasteiger partial charge in [-0.15, -0.1) is 11.3 Å². The monoisotopic (exact) mass is 532 g/mol. The smallest absolute Gasteiger partial charge is 0.254 e. The molecular formula is C28H25FN4O2S2. The van der Waals surface area contributed by atoms with Crippen LogP contribution in [-0.4, -0.2) is 37.0 Å². The lowest BCUT2D eigenvalue weighted by Gasteiger charge is -2.25. The Bertz CT molecular complexity index is 1570. The summed E-state index contributed by atoms with van der Waals surface area (Å²) in [5, 5.41) is 11.4. The second-order valence-corrected chi connectivity index (χ2v) is 12.7. The van der Waals surface area contributed by atoms with E-state index in [1.807, 2.05) is 37.3 Å². The van der Waals surface area contributed by atoms with Crippen LogP contribution in [-0.2, 0) is 15.4 Å². The molecule has 0 unspecified atom stereocenters. The van der Waals surface area contributed by atoms with Gasteiger partial charge in [0, 0.05) is 47.6 Å². The fourth-order valence-corrected chi connectivity index (χ4v) is 8.47. The quantitative estimate of drug-likeness (QED) is 0.300. The van der Waals surface area contributed by atoms with Gasteiger partial charge in [-0.25, -0.2) is 12.8 Å². The number of aromatic nitrogens is 1. The number of nitrogens with zero attached hydrogens (tertiary/aromatic N) is 2. The zero-order valence-electron chi connectivity index (χ0n) is 20.1. The lowest BCUT2D eigenvalue weighted by Crippen LogP contribution is -2.34. The first-order chi connectivity index (χ1) is 17.8. The van der Waals surface area contributed by atoms with Crippen molar-refractivity contribution in [1.82, 2.24) is 9.29 Å². The molecule has 2 fully saturated rings. The summed E-state index contributed by atoms with van der Waals surface area (Å²) in [6.07, 6.45) is 2.72. The van der Waals surface area contributed by atoms with E-state index in [1.54, 1.807) is 21.9 Å². The predicted octanol–water partition coefficient (Wildman–Crippen LogP) is 5.69. The Balaban J connectivity index is 1.41. The van der Waals surface area contributed by atoms with E-state index >= 15 is 0 Å². The molecule has 2 N–H and O–H groups in total. The summed E-state index contributed by atoms with van der Waals surface area (Å²) in [6.45, 7) is 2.85. The Labute approximate surface area is 219 Å². The number of aryl methyl sites for hydroxylation is 1. The molecule has 37 heavy (non-hydrogen) atoms. The van der Waals surface area contributed by atoms with Gasteiger partial charge in [0.15, 0.2) is 4.21 Å². The van der Waals surface area contributed by atoms with E-state index < -0.39 is 10.0 Å². The van der Waals surface area contributed by atoms with Gasteiger partial charge < -0.3 is 10.7 Å². The third kappa shape index (κ3) is 3.89. The minimum atomic E-state index is -3.63. The average molecular weight is 533 g/mol. The molecule has 4 aromatic rings. The normalized spacial score (nSPS) is 23.0. The molecule has 1 aliphatic carbocycles. The molecular weight excluding hydrogens is 507 g/mol. The number of hydrogen-bond acceptors (Lipinski definition) is 6. The first-order valence-corrected chi connectivity index (χ1v) is 14.3. The Morgan fingerprint density at radius 3 is 2.59 bits per heavy atom. The predicted molar refractivity (Wildman–Crippen MR) is 144 cm³/mol. The second kappa shape index (κ2) is 8.86. The molecule has 188 valence electrons. The van der Waals surface area contributed by atoms with Crippen molar-refractivity contribution in [1.29, 1.82) is 5.41 Å². The Morgan fingerprint density at radius 2 is 1.92 bits per heavy atom. The van der Waals surface area contributed by atoms with E-state index in [1.165, 1.54) is 30.1 Å². The average Bonchev–Trinajstić information content (AvgIpc) is 3.27. The molecule has 3 aromatic carbocycles. The van der Waals surface area contributed by atoms with E-state index in [-0.39, 0.29) is 27.3 Å². The number of thiazole rings is 1. The second-order valence-electron chi connectivity index (χ2n) is 9.68. The highest BCUT2D eigenvalue weighted by Gasteiger charge is 2.71. The molecule has 1 aromatic heterocycles. The molecule has 0 radical (unpaired) electrons. The number of halogens is 1. The molecule has 2 aliphatic rings. The first kappa shape index (κ1) is 24.0. The number of anilines is 2. The largest absolute Gasteiger partial charge is 0.355 e. The van der Waals surface area contributed by atoms with Crippen LogP contribution in [0.2, 0.25) is 0 Å². The summed E-state index contributed by atoms with van der Waals surface area (Å²) in [7, 11) is -3.63. The van der Waals surface area contributed by atoms with Crippen LogP contribution >= 0.6 is 11.3 Å². The minimum Gasteiger partial charge on any atom is -0.355 e. The summed E-state index contributed by atoms with van der Waals surface area (Å²) in [6, 6.07) is 20.4. The summed E-state index contributed by atoms with van der Waals surface area (Å²) in [5.41, 5.74) is 6.62. The van der Waals surface area contributed by atoms with Crippen molar-refractivity contribution < 1.29 is 12.8 Å². The Morgan fingerprint density at radius 1 is 1.16 bits per heavy atom. The maximum Gasteiger partial charge on any atom is 0.254 e. The summed E-state index contributed by atoms with van der Waals surface area (Å²) < 4.78 is 42.0.